The lowest BCUT2D eigenvalue weighted by atomic mass is 9.77. The van der Waals surface area contributed by atoms with Gasteiger partial charge in [0.1, 0.15) is 5.75 Å². The zero-order chi connectivity index (χ0) is 19.8. The fourth-order valence-corrected chi connectivity index (χ4v) is 4.14. The molecule has 3 nitrogen and oxygen atoms in total. The van der Waals surface area contributed by atoms with Crippen LogP contribution in [0.5, 0.6) is 5.75 Å². The zero-order valence-corrected chi connectivity index (χ0v) is 16.9. The van der Waals surface area contributed by atoms with E-state index in [9.17, 15) is 4.79 Å². The van der Waals surface area contributed by atoms with Crippen molar-refractivity contribution >= 4 is 18.4 Å². The molecule has 0 unspecified atom stereocenters. The minimum Gasteiger partial charge on any atom is -0.423 e. The molecule has 2 aromatic carbocycles. The van der Waals surface area contributed by atoms with Crippen LogP contribution in [0.15, 0.2) is 53.5 Å². The summed E-state index contributed by atoms with van der Waals surface area (Å²) < 4.78 is 5.45. The number of aliphatic imine (C=N–C) groups is 1. The van der Waals surface area contributed by atoms with Crippen LogP contribution in [0.1, 0.15) is 80.1 Å². The Kier molecular flexibility index (Phi) is 7.41. The van der Waals surface area contributed by atoms with Crippen LogP contribution in [-0.4, -0.2) is 12.7 Å². The molecule has 0 aromatic heterocycles. The Morgan fingerprint density at radius 2 is 1.68 bits per heavy atom. The van der Waals surface area contributed by atoms with Gasteiger partial charge in [0.05, 0.1) is 11.3 Å². The summed E-state index contributed by atoms with van der Waals surface area (Å²) in [5, 5.41) is 0. The number of rotatable bonds is 8. The van der Waals surface area contributed by atoms with Gasteiger partial charge in [-0.25, -0.2) is 4.79 Å². The molecule has 3 rings (SSSR count). The van der Waals surface area contributed by atoms with Gasteiger partial charge in [-0.05, 0) is 86.2 Å². The van der Waals surface area contributed by atoms with Crippen LogP contribution in [0.4, 0.5) is 5.69 Å². The number of carbonyl (C=O) groups excluding carboxylic acids is 1. The number of hydrogen-bond donors (Lipinski definition) is 0. The first-order chi connectivity index (χ1) is 13.7. The van der Waals surface area contributed by atoms with Crippen LogP contribution in [0.2, 0.25) is 0 Å². The van der Waals surface area contributed by atoms with E-state index in [1.165, 1.54) is 56.9 Å². The lowest BCUT2D eigenvalue weighted by Gasteiger charge is -2.29. The molecular weight excluding hydrogens is 346 g/mol. The van der Waals surface area contributed by atoms with Crippen molar-refractivity contribution < 1.29 is 9.53 Å². The van der Waals surface area contributed by atoms with Gasteiger partial charge in [0, 0.05) is 0 Å². The Labute approximate surface area is 168 Å². The Bertz CT molecular complexity index is 756. The lowest BCUT2D eigenvalue weighted by Crippen LogP contribution is -2.14. The highest BCUT2D eigenvalue weighted by molar-refractivity contribution is 5.91. The maximum atomic E-state index is 12.4. The van der Waals surface area contributed by atoms with Crippen molar-refractivity contribution in [3.63, 3.8) is 0 Å². The van der Waals surface area contributed by atoms with Crippen molar-refractivity contribution in [1.29, 1.82) is 0 Å². The smallest absolute Gasteiger partial charge is 0.343 e. The molecule has 0 atom stereocenters. The van der Waals surface area contributed by atoms with Gasteiger partial charge in [0.2, 0.25) is 0 Å². The highest BCUT2D eigenvalue weighted by Crippen LogP contribution is 2.37. The fourth-order valence-electron chi connectivity index (χ4n) is 4.14. The van der Waals surface area contributed by atoms with Crippen molar-refractivity contribution in [2.75, 3.05) is 0 Å². The number of hydrogen-bond acceptors (Lipinski definition) is 3. The van der Waals surface area contributed by atoms with Crippen molar-refractivity contribution in [2.24, 2.45) is 10.9 Å². The SMILES string of the molecule is C=Nc1ccc(OC(=O)c2ccc(C3CCC(CCCCC)CC3)cc2)cc1. The molecule has 28 heavy (non-hydrogen) atoms. The molecule has 148 valence electrons. The summed E-state index contributed by atoms with van der Waals surface area (Å²) in [6, 6.07) is 15.0. The molecule has 0 heterocycles. The van der Waals surface area contributed by atoms with Crippen molar-refractivity contribution in [3.8, 4) is 5.75 Å². The molecule has 2 aromatic rings. The van der Waals surface area contributed by atoms with E-state index in [1.807, 2.05) is 12.1 Å². The van der Waals surface area contributed by atoms with Crippen LogP contribution < -0.4 is 4.74 Å². The predicted octanol–water partition coefficient (Wildman–Crippen LogP) is 7.09. The van der Waals surface area contributed by atoms with Crippen LogP contribution in [0.25, 0.3) is 0 Å². The van der Waals surface area contributed by atoms with Gasteiger partial charge in [-0.3, -0.25) is 4.99 Å². The molecule has 0 spiro atoms. The van der Waals surface area contributed by atoms with Gasteiger partial charge in [0.25, 0.3) is 0 Å². The molecule has 1 saturated carbocycles. The summed E-state index contributed by atoms with van der Waals surface area (Å²) in [7, 11) is 0. The Hall–Kier alpha value is -2.42. The first-order valence-electron chi connectivity index (χ1n) is 10.6. The van der Waals surface area contributed by atoms with Crippen molar-refractivity contribution in [1.82, 2.24) is 0 Å². The molecule has 1 fully saturated rings. The Morgan fingerprint density at radius 3 is 2.29 bits per heavy atom. The minimum atomic E-state index is -0.328. The van der Waals surface area contributed by atoms with Gasteiger partial charge in [-0.1, -0.05) is 44.7 Å². The second-order valence-electron chi connectivity index (χ2n) is 7.88. The largest absolute Gasteiger partial charge is 0.423 e. The summed E-state index contributed by atoms with van der Waals surface area (Å²) in [6.45, 7) is 5.75. The monoisotopic (exact) mass is 377 g/mol. The van der Waals surface area contributed by atoms with E-state index in [0.717, 1.165) is 11.6 Å². The van der Waals surface area contributed by atoms with Gasteiger partial charge < -0.3 is 4.74 Å². The summed E-state index contributed by atoms with van der Waals surface area (Å²) >= 11 is 0. The molecule has 0 bridgehead atoms. The number of unbranched alkanes of at least 4 members (excludes halogenated alkanes) is 2. The number of benzene rings is 2. The van der Waals surface area contributed by atoms with E-state index in [1.54, 1.807) is 24.3 Å². The second kappa shape index (κ2) is 10.2. The summed E-state index contributed by atoms with van der Waals surface area (Å²) in [5.41, 5.74) is 2.69. The Morgan fingerprint density at radius 1 is 1.00 bits per heavy atom. The van der Waals surface area contributed by atoms with Gasteiger partial charge in [-0.2, -0.15) is 0 Å². The lowest BCUT2D eigenvalue weighted by molar-refractivity contribution is 0.0734. The number of carbonyl (C=O) groups is 1. The van der Waals surface area contributed by atoms with E-state index in [0.29, 0.717) is 17.2 Å². The van der Waals surface area contributed by atoms with E-state index < -0.39 is 0 Å². The second-order valence-corrected chi connectivity index (χ2v) is 7.88. The molecular formula is C25H31NO2. The third-order valence-corrected chi connectivity index (χ3v) is 5.91. The van der Waals surface area contributed by atoms with E-state index >= 15 is 0 Å². The molecule has 3 heteroatoms. The predicted molar refractivity (Wildman–Crippen MR) is 116 cm³/mol. The van der Waals surface area contributed by atoms with E-state index in [2.05, 4.69) is 30.8 Å². The van der Waals surface area contributed by atoms with Crippen LogP contribution in [0, 0.1) is 5.92 Å². The molecule has 0 saturated heterocycles. The first kappa shape index (κ1) is 20.3. The molecule has 1 aliphatic carbocycles. The third kappa shape index (κ3) is 5.54. The molecule has 0 radical (unpaired) electrons. The van der Waals surface area contributed by atoms with Crippen molar-refractivity contribution in [2.45, 2.75) is 64.2 Å². The number of nitrogens with zero attached hydrogens (tertiary/aromatic N) is 1. The Balaban J connectivity index is 1.51. The summed E-state index contributed by atoms with van der Waals surface area (Å²) in [5.74, 6) is 1.74. The first-order valence-corrected chi connectivity index (χ1v) is 10.6. The zero-order valence-electron chi connectivity index (χ0n) is 16.9. The van der Waals surface area contributed by atoms with Gasteiger partial charge in [-0.15, -0.1) is 0 Å². The fraction of sp³-hybridized carbons (Fsp3) is 0.440. The van der Waals surface area contributed by atoms with Crippen LogP contribution in [0.3, 0.4) is 0 Å². The van der Waals surface area contributed by atoms with Crippen LogP contribution in [-0.2, 0) is 0 Å². The molecule has 0 amide bonds. The van der Waals surface area contributed by atoms with Crippen LogP contribution >= 0.6 is 0 Å². The van der Waals surface area contributed by atoms with Crippen molar-refractivity contribution in [3.05, 3.63) is 59.7 Å². The molecule has 0 aliphatic heterocycles. The maximum Gasteiger partial charge on any atom is 0.343 e. The third-order valence-electron chi connectivity index (χ3n) is 5.91. The molecule has 0 N–H and O–H groups in total. The minimum absolute atomic E-state index is 0.328. The topological polar surface area (TPSA) is 38.7 Å². The average molecular weight is 378 g/mol. The van der Waals surface area contributed by atoms with E-state index in [-0.39, 0.29) is 5.97 Å². The maximum absolute atomic E-state index is 12.4. The van der Waals surface area contributed by atoms with Gasteiger partial charge in [0.15, 0.2) is 0 Å². The summed E-state index contributed by atoms with van der Waals surface area (Å²) in [6.07, 6.45) is 10.7. The normalized spacial score (nSPS) is 19.2. The quantitative estimate of drug-likeness (QED) is 0.213. The number of esters is 1. The standard InChI is InChI=1S/C25H31NO2/c1-3-4-5-6-19-7-9-20(10-8-19)21-11-13-22(14-12-21)25(27)28-24-17-15-23(26-2)16-18-24/h11-20H,2-10H2,1H3. The van der Waals surface area contributed by atoms with Gasteiger partial charge >= 0.3 is 5.97 Å². The highest BCUT2D eigenvalue weighted by atomic mass is 16.5. The highest BCUT2D eigenvalue weighted by Gasteiger charge is 2.22. The average Bonchev–Trinajstić information content (AvgIpc) is 2.75. The number of ether oxygens (including phenoxy) is 1. The van der Waals surface area contributed by atoms with E-state index in [4.69, 9.17) is 4.74 Å². The molecule has 1 aliphatic rings. The summed E-state index contributed by atoms with van der Waals surface area (Å²) in [4.78, 5) is 16.2.